The van der Waals surface area contributed by atoms with Gasteiger partial charge in [-0.2, -0.15) is 0 Å². The highest BCUT2D eigenvalue weighted by molar-refractivity contribution is 5.72. The monoisotopic (exact) mass is 331 g/mol. The van der Waals surface area contributed by atoms with Gasteiger partial charge in [-0.15, -0.1) is 0 Å². The standard InChI is InChI=1S/C11H13NO2.C6H5F.C3H8/c13-11-9-12(6-7-14-11)8-10-4-2-1-3-5-10;7-6-4-2-1-3-5-6;1-3-2/h1-5H,6-9H2;1-5H;3H2,1-2H3. The van der Waals surface area contributed by atoms with E-state index in [1.807, 2.05) is 18.2 Å². The second kappa shape index (κ2) is 12.3. The third-order valence-electron chi connectivity index (χ3n) is 3.01. The minimum atomic E-state index is -0.178. The lowest BCUT2D eigenvalue weighted by molar-refractivity contribution is -0.150. The number of nitrogens with zero attached hydrogens (tertiary/aromatic N) is 1. The van der Waals surface area contributed by atoms with Crippen molar-refractivity contribution in [2.75, 3.05) is 19.7 Å². The van der Waals surface area contributed by atoms with Gasteiger partial charge in [0.1, 0.15) is 12.4 Å². The van der Waals surface area contributed by atoms with Crippen molar-refractivity contribution in [1.82, 2.24) is 4.90 Å². The Bertz CT molecular complexity index is 560. The molecule has 2 aromatic rings. The van der Waals surface area contributed by atoms with Crippen LogP contribution in [0, 0.1) is 5.82 Å². The lowest BCUT2D eigenvalue weighted by Gasteiger charge is -2.25. The number of benzene rings is 2. The third kappa shape index (κ3) is 9.06. The van der Waals surface area contributed by atoms with Crippen molar-refractivity contribution < 1.29 is 13.9 Å². The number of hydrogen-bond acceptors (Lipinski definition) is 3. The summed E-state index contributed by atoms with van der Waals surface area (Å²) in [5.41, 5.74) is 1.24. The highest BCUT2D eigenvalue weighted by Gasteiger charge is 2.17. The summed E-state index contributed by atoms with van der Waals surface area (Å²) in [6, 6.07) is 18.1. The maximum atomic E-state index is 11.9. The molecule has 0 radical (unpaired) electrons. The highest BCUT2D eigenvalue weighted by Crippen LogP contribution is 2.06. The zero-order chi connectivity index (χ0) is 17.6. The smallest absolute Gasteiger partial charge is 0.320 e. The van der Waals surface area contributed by atoms with Crippen LogP contribution in [-0.2, 0) is 16.1 Å². The summed E-state index contributed by atoms with van der Waals surface area (Å²) in [4.78, 5) is 13.1. The Kier molecular flexibility index (Phi) is 10.1. The van der Waals surface area contributed by atoms with E-state index in [0.29, 0.717) is 13.2 Å². The first kappa shape index (κ1) is 19.8. The number of ether oxygens (including phenoxy) is 1. The van der Waals surface area contributed by atoms with E-state index in [2.05, 4.69) is 30.9 Å². The molecule has 3 nitrogen and oxygen atoms in total. The fraction of sp³-hybridized carbons (Fsp3) is 0.350. The second-order valence-corrected chi connectivity index (χ2v) is 5.42. The van der Waals surface area contributed by atoms with Gasteiger partial charge in [0, 0.05) is 13.1 Å². The van der Waals surface area contributed by atoms with E-state index in [9.17, 15) is 9.18 Å². The molecular weight excluding hydrogens is 305 g/mol. The maximum Gasteiger partial charge on any atom is 0.320 e. The molecule has 3 rings (SSSR count). The van der Waals surface area contributed by atoms with Crippen molar-refractivity contribution in [1.29, 1.82) is 0 Å². The van der Waals surface area contributed by atoms with Crippen molar-refractivity contribution in [2.24, 2.45) is 0 Å². The van der Waals surface area contributed by atoms with Gasteiger partial charge in [0.25, 0.3) is 0 Å². The van der Waals surface area contributed by atoms with E-state index < -0.39 is 0 Å². The number of carbonyl (C=O) groups excluding carboxylic acids is 1. The molecule has 2 aromatic carbocycles. The molecule has 1 fully saturated rings. The molecule has 0 amide bonds. The predicted molar refractivity (Wildman–Crippen MR) is 95.0 cm³/mol. The quantitative estimate of drug-likeness (QED) is 0.769. The summed E-state index contributed by atoms with van der Waals surface area (Å²) in [7, 11) is 0. The summed E-state index contributed by atoms with van der Waals surface area (Å²) in [5.74, 6) is -0.297. The van der Waals surface area contributed by atoms with Gasteiger partial charge in [-0.25, -0.2) is 4.39 Å². The molecule has 0 aromatic heterocycles. The molecule has 0 saturated carbocycles. The van der Waals surface area contributed by atoms with Gasteiger partial charge in [-0.05, 0) is 17.7 Å². The molecule has 24 heavy (non-hydrogen) atoms. The van der Waals surface area contributed by atoms with Crippen molar-refractivity contribution in [3.05, 3.63) is 72.0 Å². The average molecular weight is 331 g/mol. The largest absolute Gasteiger partial charge is 0.463 e. The van der Waals surface area contributed by atoms with Crippen LogP contribution < -0.4 is 0 Å². The van der Waals surface area contributed by atoms with E-state index in [1.165, 1.54) is 24.1 Å². The molecule has 1 heterocycles. The zero-order valence-electron chi connectivity index (χ0n) is 14.5. The second-order valence-electron chi connectivity index (χ2n) is 5.42. The molecule has 0 N–H and O–H groups in total. The number of cyclic esters (lactones) is 1. The number of rotatable bonds is 2. The van der Waals surface area contributed by atoms with Crippen LogP contribution in [0.25, 0.3) is 0 Å². The van der Waals surface area contributed by atoms with E-state index in [4.69, 9.17) is 4.74 Å². The van der Waals surface area contributed by atoms with E-state index >= 15 is 0 Å². The van der Waals surface area contributed by atoms with Crippen LogP contribution in [0.2, 0.25) is 0 Å². The van der Waals surface area contributed by atoms with E-state index in [-0.39, 0.29) is 11.8 Å². The molecule has 1 aliphatic heterocycles. The first-order chi connectivity index (χ1) is 11.7. The number of carbonyl (C=O) groups is 1. The van der Waals surface area contributed by atoms with Crippen LogP contribution in [-0.4, -0.2) is 30.6 Å². The van der Waals surface area contributed by atoms with Crippen molar-refractivity contribution >= 4 is 5.97 Å². The fourth-order valence-corrected chi connectivity index (χ4v) is 1.99. The Balaban J connectivity index is 0.000000241. The van der Waals surface area contributed by atoms with Crippen molar-refractivity contribution in [2.45, 2.75) is 26.8 Å². The first-order valence-electron chi connectivity index (χ1n) is 8.28. The Labute approximate surface area is 144 Å². The summed E-state index contributed by atoms with van der Waals surface area (Å²) in [6.07, 6.45) is 1.25. The molecular formula is C20H26FNO2. The molecule has 0 bridgehead atoms. The van der Waals surface area contributed by atoms with Gasteiger partial charge in [0.2, 0.25) is 0 Å². The lowest BCUT2D eigenvalue weighted by Crippen LogP contribution is -2.39. The number of halogens is 1. The van der Waals surface area contributed by atoms with Crippen molar-refractivity contribution in [3.8, 4) is 0 Å². The topological polar surface area (TPSA) is 29.5 Å². The van der Waals surface area contributed by atoms with Crippen LogP contribution in [0.15, 0.2) is 60.7 Å². The number of hydrogen-bond donors (Lipinski definition) is 0. The summed E-state index contributed by atoms with van der Waals surface area (Å²) < 4.78 is 16.8. The molecule has 0 unspecified atom stereocenters. The number of esters is 1. The fourth-order valence-electron chi connectivity index (χ4n) is 1.99. The average Bonchev–Trinajstić information content (AvgIpc) is 2.58. The van der Waals surface area contributed by atoms with Crippen LogP contribution in [0.4, 0.5) is 4.39 Å². The van der Waals surface area contributed by atoms with Crippen LogP contribution in [0.1, 0.15) is 25.8 Å². The van der Waals surface area contributed by atoms with Crippen LogP contribution in [0.3, 0.4) is 0 Å². The molecule has 1 aliphatic rings. The summed E-state index contributed by atoms with van der Waals surface area (Å²) in [5, 5.41) is 0. The third-order valence-corrected chi connectivity index (χ3v) is 3.01. The highest BCUT2D eigenvalue weighted by atomic mass is 19.1. The van der Waals surface area contributed by atoms with E-state index in [0.717, 1.165) is 13.1 Å². The van der Waals surface area contributed by atoms with E-state index in [1.54, 1.807) is 18.2 Å². The van der Waals surface area contributed by atoms with Gasteiger partial charge in [0.15, 0.2) is 0 Å². The SMILES string of the molecule is CCC.Fc1ccccc1.O=C1CN(Cc2ccccc2)CCO1. The van der Waals surface area contributed by atoms with Crippen LogP contribution in [0.5, 0.6) is 0 Å². The Morgan fingerprint density at radius 3 is 2.00 bits per heavy atom. The summed E-state index contributed by atoms with van der Waals surface area (Å²) >= 11 is 0. The predicted octanol–water partition coefficient (Wildman–Crippen LogP) is 4.29. The lowest BCUT2D eigenvalue weighted by atomic mass is 10.2. The van der Waals surface area contributed by atoms with Crippen molar-refractivity contribution in [3.63, 3.8) is 0 Å². The molecule has 1 saturated heterocycles. The van der Waals surface area contributed by atoms with Gasteiger partial charge in [0.05, 0.1) is 6.54 Å². The molecule has 0 aliphatic carbocycles. The minimum absolute atomic E-state index is 0.118. The Hall–Kier alpha value is -2.20. The van der Waals surface area contributed by atoms with Gasteiger partial charge >= 0.3 is 5.97 Å². The number of morpholine rings is 1. The van der Waals surface area contributed by atoms with Crippen LogP contribution >= 0.6 is 0 Å². The van der Waals surface area contributed by atoms with Gasteiger partial charge < -0.3 is 4.74 Å². The molecule has 130 valence electrons. The molecule has 0 spiro atoms. The van der Waals surface area contributed by atoms with Gasteiger partial charge in [-0.3, -0.25) is 9.69 Å². The Morgan fingerprint density at radius 1 is 1.00 bits per heavy atom. The zero-order valence-corrected chi connectivity index (χ0v) is 14.5. The van der Waals surface area contributed by atoms with Gasteiger partial charge in [-0.1, -0.05) is 68.8 Å². The Morgan fingerprint density at radius 2 is 1.54 bits per heavy atom. The summed E-state index contributed by atoms with van der Waals surface area (Å²) in [6.45, 7) is 6.84. The maximum absolute atomic E-state index is 11.9. The molecule has 4 heteroatoms. The normalized spacial score (nSPS) is 13.7. The minimum Gasteiger partial charge on any atom is -0.463 e. The molecule has 0 atom stereocenters. The first-order valence-corrected chi connectivity index (χ1v) is 8.28.